The normalized spacial score (nSPS) is 13.0. The number of amides is 1. The standard InChI is InChI=1S/C66H125NO3/c1-3-5-7-9-11-13-15-17-19-21-23-24-25-26-27-28-29-30-31-32-33-34-35-36-37-38-39-40-41-42-44-46-48-50-52-54-56-58-60-62-66(70)67-64(63-68)65(69)61-59-57-55-53-51-49-47-45-43-22-20-18-16-14-12-10-8-6-4-2/h15,17,21,23,25-26,59,61,64-65,68-69H,3-14,16,18-20,22,24,27-58,60,62-63H2,1-2H3,(H,67,70)/b17-15-,23-21-,26-25-,61-59+. The van der Waals surface area contributed by atoms with E-state index in [2.05, 4.69) is 55.6 Å². The monoisotopic (exact) mass is 980 g/mol. The number of hydrogen-bond acceptors (Lipinski definition) is 3. The Balaban J connectivity index is 3.41. The predicted molar refractivity (Wildman–Crippen MR) is 313 cm³/mol. The van der Waals surface area contributed by atoms with Crippen molar-refractivity contribution >= 4 is 5.91 Å². The Morgan fingerprint density at radius 3 is 0.871 bits per heavy atom. The lowest BCUT2D eigenvalue weighted by Gasteiger charge is -2.20. The van der Waals surface area contributed by atoms with Crippen molar-refractivity contribution < 1.29 is 15.0 Å². The van der Waals surface area contributed by atoms with Gasteiger partial charge in [0, 0.05) is 6.42 Å². The molecule has 0 aromatic rings. The summed E-state index contributed by atoms with van der Waals surface area (Å²) in [4.78, 5) is 12.5. The van der Waals surface area contributed by atoms with E-state index in [9.17, 15) is 15.0 Å². The summed E-state index contributed by atoms with van der Waals surface area (Å²) in [7, 11) is 0. The zero-order valence-electron chi connectivity index (χ0n) is 47.6. The molecule has 0 saturated heterocycles. The Bertz CT molecular complexity index is 1110. The van der Waals surface area contributed by atoms with Crippen LogP contribution in [0.25, 0.3) is 0 Å². The van der Waals surface area contributed by atoms with Crippen molar-refractivity contribution in [3.8, 4) is 0 Å². The van der Waals surface area contributed by atoms with Crippen LogP contribution in [0.2, 0.25) is 0 Å². The number of aliphatic hydroxyl groups is 2. The molecule has 70 heavy (non-hydrogen) atoms. The first kappa shape index (κ1) is 68.4. The predicted octanol–water partition coefficient (Wildman–Crippen LogP) is 21.4. The van der Waals surface area contributed by atoms with Crippen molar-refractivity contribution in [2.45, 2.75) is 360 Å². The van der Waals surface area contributed by atoms with Crippen LogP contribution in [0.4, 0.5) is 0 Å². The summed E-state index contributed by atoms with van der Waals surface area (Å²) in [6.45, 7) is 4.33. The quantitative estimate of drug-likeness (QED) is 0.0420. The molecule has 0 bridgehead atoms. The zero-order valence-corrected chi connectivity index (χ0v) is 47.6. The maximum atomic E-state index is 12.5. The van der Waals surface area contributed by atoms with Gasteiger partial charge >= 0.3 is 0 Å². The van der Waals surface area contributed by atoms with Crippen LogP contribution < -0.4 is 5.32 Å². The summed E-state index contributed by atoms with van der Waals surface area (Å²) in [5.74, 6) is -0.0575. The summed E-state index contributed by atoms with van der Waals surface area (Å²) in [5, 5.41) is 23.2. The molecule has 2 unspecified atom stereocenters. The number of carbonyl (C=O) groups is 1. The van der Waals surface area contributed by atoms with Gasteiger partial charge in [0.05, 0.1) is 18.8 Å². The Kier molecular flexibility index (Phi) is 60.2. The molecule has 0 aliphatic heterocycles. The van der Waals surface area contributed by atoms with Gasteiger partial charge in [-0.2, -0.15) is 0 Å². The van der Waals surface area contributed by atoms with E-state index in [0.29, 0.717) is 6.42 Å². The Hall–Kier alpha value is -1.65. The van der Waals surface area contributed by atoms with E-state index in [0.717, 1.165) is 38.5 Å². The highest BCUT2D eigenvalue weighted by Crippen LogP contribution is 2.18. The molecule has 0 aliphatic carbocycles. The summed E-state index contributed by atoms with van der Waals surface area (Å²) >= 11 is 0. The minimum absolute atomic E-state index is 0.0575. The third kappa shape index (κ3) is 57.3. The zero-order chi connectivity index (χ0) is 50.6. The van der Waals surface area contributed by atoms with Crippen molar-refractivity contribution in [3.05, 3.63) is 48.6 Å². The highest BCUT2D eigenvalue weighted by Gasteiger charge is 2.18. The molecule has 2 atom stereocenters. The number of carbonyl (C=O) groups excluding carboxylic acids is 1. The number of rotatable bonds is 59. The van der Waals surface area contributed by atoms with Crippen LogP contribution in [-0.4, -0.2) is 34.9 Å². The van der Waals surface area contributed by atoms with Gasteiger partial charge in [0.1, 0.15) is 0 Å². The van der Waals surface area contributed by atoms with E-state index >= 15 is 0 Å². The molecule has 0 aliphatic rings. The lowest BCUT2D eigenvalue weighted by molar-refractivity contribution is -0.123. The van der Waals surface area contributed by atoms with Crippen LogP contribution in [-0.2, 0) is 4.79 Å². The van der Waals surface area contributed by atoms with Crippen LogP contribution in [0.5, 0.6) is 0 Å². The fourth-order valence-corrected chi connectivity index (χ4v) is 9.96. The molecule has 0 rings (SSSR count). The molecular weight excluding hydrogens is 855 g/mol. The highest BCUT2D eigenvalue weighted by atomic mass is 16.3. The van der Waals surface area contributed by atoms with Crippen molar-refractivity contribution in [2.24, 2.45) is 0 Å². The molecule has 0 fully saturated rings. The van der Waals surface area contributed by atoms with Crippen LogP contribution in [0.3, 0.4) is 0 Å². The van der Waals surface area contributed by atoms with E-state index in [1.807, 2.05) is 6.08 Å². The Morgan fingerprint density at radius 2 is 0.586 bits per heavy atom. The molecule has 3 N–H and O–H groups in total. The maximum absolute atomic E-state index is 12.5. The first-order chi connectivity index (χ1) is 34.7. The van der Waals surface area contributed by atoms with E-state index in [1.54, 1.807) is 6.08 Å². The van der Waals surface area contributed by atoms with Gasteiger partial charge < -0.3 is 15.5 Å². The summed E-state index contributed by atoms with van der Waals surface area (Å²) < 4.78 is 0. The highest BCUT2D eigenvalue weighted by molar-refractivity contribution is 5.76. The molecule has 4 heteroatoms. The van der Waals surface area contributed by atoms with Gasteiger partial charge in [-0.3, -0.25) is 4.79 Å². The summed E-state index contributed by atoms with van der Waals surface area (Å²) in [6.07, 6.45) is 86.0. The first-order valence-electron chi connectivity index (χ1n) is 31.9. The first-order valence-corrected chi connectivity index (χ1v) is 31.9. The largest absolute Gasteiger partial charge is 0.394 e. The number of aliphatic hydroxyl groups excluding tert-OH is 2. The van der Waals surface area contributed by atoms with Gasteiger partial charge in [-0.1, -0.05) is 332 Å². The second-order valence-corrected chi connectivity index (χ2v) is 21.8. The molecule has 0 aromatic heterocycles. The van der Waals surface area contributed by atoms with Crippen molar-refractivity contribution in [3.63, 3.8) is 0 Å². The Morgan fingerprint density at radius 1 is 0.343 bits per heavy atom. The van der Waals surface area contributed by atoms with E-state index in [-0.39, 0.29) is 12.5 Å². The van der Waals surface area contributed by atoms with Gasteiger partial charge in [0.2, 0.25) is 5.91 Å². The smallest absolute Gasteiger partial charge is 0.220 e. The third-order valence-corrected chi connectivity index (χ3v) is 14.8. The minimum atomic E-state index is -0.838. The van der Waals surface area contributed by atoms with Gasteiger partial charge in [0.25, 0.3) is 0 Å². The molecular formula is C66H125NO3. The van der Waals surface area contributed by atoms with Crippen LogP contribution in [0.1, 0.15) is 348 Å². The second-order valence-electron chi connectivity index (χ2n) is 21.8. The topological polar surface area (TPSA) is 69.6 Å². The molecule has 1 amide bonds. The lowest BCUT2D eigenvalue weighted by atomic mass is 10.0. The number of hydrogen-bond donors (Lipinski definition) is 3. The summed E-state index contributed by atoms with van der Waals surface area (Å²) in [5.41, 5.74) is 0. The van der Waals surface area contributed by atoms with Gasteiger partial charge in [-0.05, 0) is 57.8 Å². The van der Waals surface area contributed by atoms with Gasteiger partial charge in [0.15, 0.2) is 0 Å². The van der Waals surface area contributed by atoms with Crippen molar-refractivity contribution in [2.75, 3.05) is 6.61 Å². The molecule has 4 nitrogen and oxygen atoms in total. The minimum Gasteiger partial charge on any atom is -0.394 e. The van der Waals surface area contributed by atoms with Crippen LogP contribution in [0, 0.1) is 0 Å². The van der Waals surface area contributed by atoms with Crippen molar-refractivity contribution in [1.29, 1.82) is 0 Å². The number of unbranched alkanes of at least 4 members (excludes halogenated alkanes) is 46. The molecule has 0 spiro atoms. The van der Waals surface area contributed by atoms with Gasteiger partial charge in [-0.25, -0.2) is 0 Å². The molecule has 0 heterocycles. The second kappa shape index (κ2) is 61.6. The molecule has 0 aromatic carbocycles. The van der Waals surface area contributed by atoms with Crippen LogP contribution >= 0.6 is 0 Å². The SMILES string of the molecule is CCCCCCC/C=C\C/C=C\C/C=C\CCCCCCCCCCCCCCCCCCCCCCCCCCC(=O)NC(CO)C(O)/C=C/CCCCCCCCCCCCCCCCCCC. The lowest BCUT2D eigenvalue weighted by Crippen LogP contribution is -2.45. The van der Waals surface area contributed by atoms with E-state index in [4.69, 9.17) is 0 Å². The van der Waals surface area contributed by atoms with E-state index < -0.39 is 12.1 Å². The maximum Gasteiger partial charge on any atom is 0.220 e. The molecule has 412 valence electrons. The molecule has 0 radical (unpaired) electrons. The van der Waals surface area contributed by atoms with Crippen LogP contribution in [0.15, 0.2) is 48.6 Å². The molecule has 0 saturated carbocycles. The van der Waals surface area contributed by atoms with Crippen molar-refractivity contribution in [1.82, 2.24) is 5.32 Å². The number of allylic oxidation sites excluding steroid dienone is 7. The fourth-order valence-electron chi connectivity index (χ4n) is 9.96. The summed E-state index contributed by atoms with van der Waals surface area (Å²) in [6, 6.07) is -0.621. The number of nitrogens with one attached hydrogen (secondary N) is 1. The van der Waals surface area contributed by atoms with Gasteiger partial charge in [-0.15, -0.1) is 0 Å². The average Bonchev–Trinajstić information content (AvgIpc) is 3.36. The fraction of sp³-hybridized carbons (Fsp3) is 0.864. The average molecular weight is 981 g/mol. The van der Waals surface area contributed by atoms with E-state index in [1.165, 1.54) is 289 Å². The third-order valence-electron chi connectivity index (χ3n) is 14.8. The Labute approximate surface area is 439 Å².